The summed E-state index contributed by atoms with van der Waals surface area (Å²) in [6.07, 6.45) is 0.923. The lowest BCUT2D eigenvalue weighted by Gasteiger charge is -2.15. The third-order valence-corrected chi connectivity index (χ3v) is 2.78. The first-order valence-corrected chi connectivity index (χ1v) is 5.33. The number of amides is 1. The van der Waals surface area contributed by atoms with Crippen molar-refractivity contribution in [3.8, 4) is 0 Å². The normalized spacial score (nSPS) is 14.7. The van der Waals surface area contributed by atoms with Crippen LogP contribution in [-0.2, 0) is 0 Å². The number of rotatable bonds is 2. The van der Waals surface area contributed by atoms with Crippen molar-refractivity contribution in [3.63, 3.8) is 0 Å². The molecule has 0 fully saturated rings. The fourth-order valence-electron chi connectivity index (χ4n) is 1.82. The fourth-order valence-corrected chi connectivity index (χ4v) is 1.99. The lowest BCUT2D eigenvalue weighted by Crippen LogP contribution is -2.23. The van der Waals surface area contributed by atoms with Gasteiger partial charge in [-0.25, -0.2) is 0 Å². The van der Waals surface area contributed by atoms with Crippen molar-refractivity contribution in [1.29, 1.82) is 0 Å². The van der Waals surface area contributed by atoms with Gasteiger partial charge >= 0.3 is 0 Å². The van der Waals surface area contributed by atoms with Crippen LogP contribution in [0.4, 0.5) is 0 Å². The molecule has 1 heterocycles. The number of benzene rings is 1. The molecule has 2 nitrogen and oxygen atoms in total. The highest BCUT2D eigenvalue weighted by atomic mass is 35.5. The van der Waals surface area contributed by atoms with E-state index in [0.29, 0.717) is 17.1 Å². The molecule has 15 heavy (non-hydrogen) atoms. The largest absolute Gasteiger partial charge is 0.308 e. The van der Waals surface area contributed by atoms with Gasteiger partial charge in [-0.15, -0.1) is 0 Å². The maximum atomic E-state index is 12.0. The fraction of sp³-hybridized carbons (Fsp3) is 0.250. The zero-order valence-corrected chi connectivity index (χ0v) is 9.34. The van der Waals surface area contributed by atoms with Gasteiger partial charge < -0.3 is 4.90 Å². The van der Waals surface area contributed by atoms with Gasteiger partial charge in [-0.3, -0.25) is 4.79 Å². The molecule has 1 aliphatic rings. The molecule has 0 saturated carbocycles. The molecule has 2 rings (SSSR count). The summed E-state index contributed by atoms with van der Waals surface area (Å²) < 4.78 is 0. The minimum Gasteiger partial charge on any atom is -0.308 e. The zero-order chi connectivity index (χ0) is 11.0. The van der Waals surface area contributed by atoms with Crippen LogP contribution in [0.15, 0.2) is 24.8 Å². The third-order valence-electron chi connectivity index (χ3n) is 2.54. The average Bonchev–Trinajstić information content (AvgIpc) is 2.44. The predicted octanol–water partition coefficient (Wildman–Crippen LogP) is 3.18. The molecular formula is C12H12ClNO. The van der Waals surface area contributed by atoms with Crippen molar-refractivity contribution in [2.45, 2.75) is 13.3 Å². The minimum atomic E-state index is 0.0133. The van der Waals surface area contributed by atoms with Crippen molar-refractivity contribution in [2.24, 2.45) is 0 Å². The highest BCUT2D eigenvalue weighted by Crippen LogP contribution is 2.32. The Kier molecular flexibility index (Phi) is 2.53. The van der Waals surface area contributed by atoms with Crippen LogP contribution in [0.1, 0.15) is 29.3 Å². The molecule has 0 aliphatic carbocycles. The second kappa shape index (κ2) is 3.70. The number of carbonyl (C=O) groups excluding carboxylic acids is 1. The van der Waals surface area contributed by atoms with Crippen molar-refractivity contribution in [2.75, 3.05) is 6.54 Å². The molecule has 1 amide bonds. The van der Waals surface area contributed by atoms with Crippen LogP contribution in [0.2, 0.25) is 5.02 Å². The Bertz CT molecular complexity index is 439. The maximum Gasteiger partial charge on any atom is 0.259 e. The molecule has 0 N–H and O–H groups in total. The van der Waals surface area contributed by atoms with E-state index < -0.39 is 0 Å². The van der Waals surface area contributed by atoms with Crippen LogP contribution >= 0.6 is 11.6 Å². The summed E-state index contributed by atoms with van der Waals surface area (Å²) in [5.74, 6) is 0.0133. The molecule has 0 radical (unpaired) electrons. The Morgan fingerprint density at radius 3 is 2.80 bits per heavy atom. The molecule has 0 bridgehead atoms. The first kappa shape index (κ1) is 10.2. The van der Waals surface area contributed by atoms with Gasteiger partial charge in [0.1, 0.15) is 0 Å². The molecule has 78 valence electrons. The molecule has 0 unspecified atom stereocenters. The quantitative estimate of drug-likeness (QED) is 0.751. The Labute approximate surface area is 94.2 Å². The van der Waals surface area contributed by atoms with Gasteiger partial charge in [0.2, 0.25) is 0 Å². The van der Waals surface area contributed by atoms with Gasteiger partial charge in [0.15, 0.2) is 0 Å². The van der Waals surface area contributed by atoms with Crippen LogP contribution in [0.5, 0.6) is 0 Å². The summed E-state index contributed by atoms with van der Waals surface area (Å²) in [6.45, 7) is 6.69. The number of hydrogen-bond donors (Lipinski definition) is 0. The van der Waals surface area contributed by atoms with E-state index in [1.165, 1.54) is 0 Å². The Hall–Kier alpha value is -1.28. The summed E-state index contributed by atoms with van der Waals surface area (Å²) in [4.78, 5) is 13.7. The van der Waals surface area contributed by atoms with Gasteiger partial charge in [0.25, 0.3) is 5.91 Å². The standard InChI is InChI=1S/C12H12ClNO/c1-3-6-14-8(2)10-5-4-9(13)7-11(10)12(14)15/h4-5,7H,2-3,6H2,1H3. The van der Waals surface area contributed by atoms with E-state index in [1.807, 2.05) is 13.0 Å². The van der Waals surface area contributed by atoms with Gasteiger partial charge in [-0.05, 0) is 18.6 Å². The van der Waals surface area contributed by atoms with E-state index >= 15 is 0 Å². The number of nitrogens with zero attached hydrogens (tertiary/aromatic N) is 1. The van der Waals surface area contributed by atoms with Crippen molar-refractivity contribution >= 4 is 23.2 Å². The Balaban J connectivity index is 2.46. The van der Waals surface area contributed by atoms with E-state index in [9.17, 15) is 4.79 Å². The topological polar surface area (TPSA) is 20.3 Å². The Morgan fingerprint density at radius 1 is 1.40 bits per heavy atom. The average molecular weight is 222 g/mol. The molecular weight excluding hydrogens is 210 g/mol. The number of fused-ring (bicyclic) bond motifs is 1. The highest BCUT2D eigenvalue weighted by molar-refractivity contribution is 6.31. The summed E-state index contributed by atoms with van der Waals surface area (Å²) >= 11 is 5.86. The monoisotopic (exact) mass is 221 g/mol. The summed E-state index contributed by atoms with van der Waals surface area (Å²) in [5, 5.41) is 0.591. The zero-order valence-electron chi connectivity index (χ0n) is 8.59. The van der Waals surface area contributed by atoms with E-state index in [0.717, 1.165) is 17.7 Å². The van der Waals surface area contributed by atoms with E-state index in [2.05, 4.69) is 6.58 Å². The third kappa shape index (κ3) is 1.55. The molecule has 1 aromatic carbocycles. The van der Waals surface area contributed by atoms with Crippen molar-refractivity contribution < 1.29 is 4.79 Å². The van der Waals surface area contributed by atoms with Gasteiger partial charge in [-0.2, -0.15) is 0 Å². The van der Waals surface area contributed by atoms with Crippen LogP contribution < -0.4 is 0 Å². The molecule has 1 aromatic rings. The van der Waals surface area contributed by atoms with Gasteiger partial charge in [-0.1, -0.05) is 31.2 Å². The second-order valence-electron chi connectivity index (χ2n) is 3.59. The van der Waals surface area contributed by atoms with Gasteiger partial charge in [0.05, 0.1) is 5.56 Å². The van der Waals surface area contributed by atoms with Crippen molar-refractivity contribution in [1.82, 2.24) is 4.90 Å². The van der Waals surface area contributed by atoms with E-state index in [1.54, 1.807) is 17.0 Å². The lowest BCUT2D eigenvalue weighted by molar-refractivity contribution is 0.0850. The van der Waals surface area contributed by atoms with Gasteiger partial charge in [0, 0.05) is 22.8 Å². The highest BCUT2D eigenvalue weighted by Gasteiger charge is 2.30. The lowest BCUT2D eigenvalue weighted by atomic mass is 10.1. The predicted molar refractivity (Wildman–Crippen MR) is 61.8 cm³/mol. The van der Waals surface area contributed by atoms with Crippen molar-refractivity contribution in [3.05, 3.63) is 40.9 Å². The first-order valence-electron chi connectivity index (χ1n) is 4.96. The molecule has 3 heteroatoms. The second-order valence-corrected chi connectivity index (χ2v) is 4.03. The number of halogens is 1. The van der Waals surface area contributed by atoms with Crippen LogP contribution in [0.25, 0.3) is 5.70 Å². The van der Waals surface area contributed by atoms with Crippen LogP contribution in [0, 0.1) is 0 Å². The van der Waals surface area contributed by atoms with E-state index in [4.69, 9.17) is 11.6 Å². The maximum absolute atomic E-state index is 12.0. The Morgan fingerprint density at radius 2 is 2.13 bits per heavy atom. The summed E-state index contributed by atoms with van der Waals surface area (Å²) in [6, 6.07) is 5.35. The van der Waals surface area contributed by atoms with E-state index in [-0.39, 0.29) is 5.91 Å². The molecule has 1 aliphatic heterocycles. The summed E-state index contributed by atoms with van der Waals surface area (Å²) in [7, 11) is 0. The molecule has 0 aromatic heterocycles. The number of hydrogen-bond acceptors (Lipinski definition) is 1. The van der Waals surface area contributed by atoms with Crippen LogP contribution in [-0.4, -0.2) is 17.4 Å². The SMILES string of the molecule is C=C1c2ccc(Cl)cc2C(=O)N1CCC. The molecule has 0 spiro atoms. The molecule has 0 atom stereocenters. The minimum absolute atomic E-state index is 0.0133. The number of carbonyl (C=O) groups is 1. The molecule has 0 saturated heterocycles. The smallest absolute Gasteiger partial charge is 0.259 e. The first-order chi connectivity index (χ1) is 7.15. The summed E-state index contributed by atoms with van der Waals surface area (Å²) in [5.41, 5.74) is 2.35. The van der Waals surface area contributed by atoms with Crippen LogP contribution in [0.3, 0.4) is 0 Å².